The molecule has 0 fully saturated rings. The summed E-state index contributed by atoms with van der Waals surface area (Å²) in [7, 11) is 0. The Morgan fingerprint density at radius 1 is 0.909 bits per heavy atom. The summed E-state index contributed by atoms with van der Waals surface area (Å²) in [5.74, 6) is -3.54. The van der Waals surface area contributed by atoms with Crippen LogP contribution in [0.15, 0.2) is 0 Å². The van der Waals surface area contributed by atoms with E-state index < -0.39 is 24.1 Å². The van der Waals surface area contributed by atoms with E-state index in [1.54, 1.807) is 0 Å². The van der Waals surface area contributed by atoms with Gasteiger partial charge in [-0.2, -0.15) is 0 Å². The average molecular weight is 257 g/mol. The Hall–Kier alpha value is -0.478. The van der Waals surface area contributed by atoms with E-state index in [9.17, 15) is 9.59 Å². The van der Waals surface area contributed by atoms with E-state index in [4.69, 9.17) is 20.4 Å². The van der Waals surface area contributed by atoms with Crippen LogP contribution in [-0.2, 0) is 30.0 Å². The Kier molecular flexibility index (Phi) is 6.22. The van der Waals surface area contributed by atoms with Crippen molar-refractivity contribution in [2.24, 2.45) is 0 Å². The maximum Gasteiger partial charge on any atom is 0.335 e. The zero-order valence-electron chi connectivity index (χ0n) is 5.08. The zero-order valence-corrected chi connectivity index (χ0v) is 6.63. The fourth-order valence-electron chi connectivity index (χ4n) is 0.270. The second kappa shape index (κ2) is 5.21. The van der Waals surface area contributed by atoms with E-state index in [0.717, 1.165) is 0 Å². The SMILES string of the molecule is O=C(O)C(O)C(O)C(=O)O.[Pd]. The molecule has 0 radical (unpaired) electrons. The second-order valence-electron chi connectivity index (χ2n) is 1.57. The average Bonchev–Trinajstić information content (AvgIpc) is 1.84. The summed E-state index contributed by atoms with van der Waals surface area (Å²) >= 11 is 0. The molecule has 0 heterocycles. The topological polar surface area (TPSA) is 115 Å². The number of hydrogen-bond donors (Lipinski definition) is 4. The molecule has 0 aromatic rings. The third kappa shape index (κ3) is 4.06. The molecule has 68 valence electrons. The number of carboxylic acids is 2. The third-order valence-corrected chi connectivity index (χ3v) is 0.805. The van der Waals surface area contributed by atoms with Crippen molar-refractivity contribution in [1.29, 1.82) is 0 Å². The van der Waals surface area contributed by atoms with Gasteiger partial charge < -0.3 is 20.4 Å². The zero-order chi connectivity index (χ0) is 8.31. The molecule has 4 N–H and O–H groups in total. The Labute approximate surface area is 75.1 Å². The molecule has 0 bridgehead atoms. The van der Waals surface area contributed by atoms with Crippen LogP contribution >= 0.6 is 0 Å². The molecule has 7 heteroatoms. The fraction of sp³-hybridized carbons (Fsp3) is 0.500. The summed E-state index contributed by atoms with van der Waals surface area (Å²) < 4.78 is 0. The Balaban J connectivity index is 0. The Morgan fingerprint density at radius 2 is 1.09 bits per heavy atom. The number of aliphatic hydroxyl groups excluding tert-OH is 2. The summed E-state index contributed by atoms with van der Waals surface area (Å²) in [4.78, 5) is 19.5. The van der Waals surface area contributed by atoms with Gasteiger partial charge >= 0.3 is 11.9 Å². The van der Waals surface area contributed by atoms with Crippen molar-refractivity contribution in [2.75, 3.05) is 0 Å². The first-order valence-electron chi connectivity index (χ1n) is 2.28. The molecule has 0 aromatic heterocycles. The van der Waals surface area contributed by atoms with Crippen LogP contribution < -0.4 is 0 Å². The Bertz CT molecular complexity index is 139. The van der Waals surface area contributed by atoms with Gasteiger partial charge in [0.05, 0.1) is 0 Å². The number of carbonyl (C=O) groups is 2. The third-order valence-electron chi connectivity index (χ3n) is 0.805. The molecule has 0 saturated heterocycles. The van der Waals surface area contributed by atoms with Crippen LogP contribution in [-0.4, -0.2) is 44.6 Å². The van der Waals surface area contributed by atoms with E-state index in [-0.39, 0.29) is 20.4 Å². The summed E-state index contributed by atoms with van der Waals surface area (Å²) in [6.07, 6.45) is -4.53. The number of carboxylic acid groups (broad SMARTS) is 2. The van der Waals surface area contributed by atoms with Gasteiger partial charge in [-0.25, -0.2) is 9.59 Å². The van der Waals surface area contributed by atoms with Crippen LogP contribution in [0.4, 0.5) is 0 Å². The summed E-state index contributed by atoms with van der Waals surface area (Å²) in [6.45, 7) is 0. The smallest absolute Gasteiger partial charge is 0.335 e. The summed E-state index contributed by atoms with van der Waals surface area (Å²) in [6, 6.07) is 0. The van der Waals surface area contributed by atoms with Crippen molar-refractivity contribution in [3.05, 3.63) is 0 Å². The van der Waals surface area contributed by atoms with Gasteiger partial charge in [0.2, 0.25) is 0 Å². The molecule has 0 saturated carbocycles. The van der Waals surface area contributed by atoms with Gasteiger partial charge in [-0.1, -0.05) is 0 Å². The minimum absolute atomic E-state index is 0. The largest absolute Gasteiger partial charge is 0.479 e. The molecule has 6 nitrogen and oxygen atoms in total. The van der Waals surface area contributed by atoms with E-state index >= 15 is 0 Å². The van der Waals surface area contributed by atoms with Gasteiger partial charge in [0, 0.05) is 20.4 Å². The quantitative estimate of drug-likeness (QED) is 0.429. The molecule has 0 aromatic carbocycles. The molecule has 0 amide bonds. The second-order valence-corrected chi connectivity index (χ2v) is 1.57. The molecule has 2 unspecified atom stereocenters. The van der Waals surface area contributed by atoms with E-state index in [0.29, 0.717) is 0 Å². The molecule has 0 aliphatic rings. The van der Waals surface area contributed by atoms with Gasteiger partial charge in [-0.05, 0) is 0 Å². The predicted octanol–water partition coefficient (Wildman–Crippen LogP) is -2.13. The molecule has 0 rings (SSSR count). The van der Waals surface area contributed by atoms with Crippen LogP contribution in [0.5, 0.6) is 0 Å². The van der Waals surface area contributed by atoms with Crippen LogP contribution in [0.3, 0.4) is 0 Å². The van der Waals surface area contributed by atoms with Crippen LogP contribution in [0, 0.1) is 0 Å². The van der Waals surface area contributed by atoms with E-state index in [1.807, 2.05) is 0 Å². The van der Waals surface area contributed by atoms with Crippen LogP contribution in [0.25, 0.3) is 0 Å². The van der Waals surface area contributed by atoms with Gasteiger partial charge in [-0.3, -0.25) is 0 Å². The standard InChI is InChI=1S/C4H6O6.Pd/c5-1(3(7)8)2(6)4(9)10;/h1-2,5-6H,(H,7,8)(H,9,10);. The minimum atomic E-state index is -2.27. The number of aliphatic hydroxyl groups is 2. The molecule has 0 spiro atoms. The first-order valence-corrected chi connectivity index (χ1v) is 2.28. The number of rotatable bonds is 3. The molecular weight excluding hydrogens is 250 g/mol. The fourth-order valence-corrected chi connectivity index (χ4v) is 0.270. The molecule has 0 aliphatic carbocycles. The van der Waals surface area contributed by atoms with Gasteiger partial charge in [0.15, 0.2) is 12.2 Å². The van der Waals surface area contributed by atoms with Crippen LogP contribution in [0.2, 0.25) is 0 Å². The Morgan fingerprint density at radius 3 is 1.18 bits per heavy atom. The molecular formula is C4H6O6Pd. The number of aliphatic carboxylic acids is 2. The first-order chi connectivity index (χ1) is 4.46. The van der Waals surface area contributed by atoms with Crippen molar-refractivity contribution >= 4 is 11.9 Å². The van der Waals surface area contributed by atoms with Crippen molar-refractivity contribution < 1.29 is 50.4 Å². The minimum Gasteiger partial charge on any atom is -0.479 e. The molecule has 0 aliphatic heterocycles. The van der Waals surface area contributed by atoms with Gasteiger partial charge in [-0.15, -0.1) is 0 Å². The van der Waals surface area contributed by atoms with E-state index in [2.05, 4.69) is 0 Å². The van der Waals surface area contributed by atoms with Crippen molar-refractivity contribution in [2.45, 2.75) is 12.2 Å². The van der Waals surface area contributed by atoms with Crippen molar-refractivity contribution in [3.63, 3.8) is 0 Å². The predicted molar refractivity (Wildman–Crippen MR) is 27.3 cm³/mol. The maximum absolute atomic E-state index is 9.77. The first kappa shape index (κ1) is 13.1. The van der Waals surface area contributed by atoms with Crippen molar-refractivity contribution in [1.82, 2.24) is 0 Å². The van der Waals surface area contributed by atoms with Crippen LogP contribution in [0.1, 0.15) is 0 Å². The molecule has 11 heavy (non-hydrogen) atoms. The normalized spacial score (nSPS) is 14.4. The van der Waals surface area contributed by atoms with Gasteiger partial charge in [0.25, 0.3) is 0 Å². The maximum atomic E-state index is 9.77. The number of hydrogen-bond acceptors (Lipinski definition) is 4. The summed E-state index contributed by atoms with van der Waals surface area (Å²) in [5, 5.41) is 32.5. The monoisotopic (exact) mass is 256 g/mol. The molecule has 2 atom stereocenters. The van der Waals surface area contributed by atoms with Crippen molar-refractivity contribution in [3.8, 4) is 0 Å². The van der Waals surface area contributed by atoms with E-state index in [1.165, 1.54) is 0 Å². The summed E-state index contributed by atoms with van der Waals surface area (Å²) in [5.41, 5.74) is 0. The van der Waals surface area contributed by atoms with Gasteiger partial charge in [0.1, 0.15) is 0 Å².